The number of amides is 3. The summed E-state index contributed by atoms with van der Waals surface area (Å²) in [5.41, 5.74) is 0.543. The zero-order valence-corrected chi connectivity index (χ0v) is 16.9. The van der Waals surface area contributed by atoms with E-state index >= 15 is 0 Å². The topological polar surface area (TPSA) is 114 Å². The third kappa shape index (κ3) is 2.51. The van der Waals surface area contributed by atoms with Crippen LogP contribution in [-0.4, -0.2) is 36.8 Å². The summed E-state index contributed by atoms with van der Waals surface area (Å²) in [6, 6.07) is 15.4. The maximum atomic E-state index is 13.7. The van der Waals surface area contributed by atoms with Crippen molar-refractivity contribution in [3.8, 4) is 0 Å². The Morgan fingerprint density at radius 3 is 2.42 bits per heavy atom. The Balaban J connectivity index is 1.67. The molecular formula is C23H21N3O5. The fourth-order valence-corrected chi connectivity index (χ4v) is 5.60. The molecule has 2 aromatic carbocycles. The van der Waals surface area contributed by atoms with Crippen molar-refractivity contribution in [2.45, 2.75) is 24.4 Å². The number of likely N-dealkylation sites (N-methyl/N-ethyl adjacent to an activating group) is 1. The number of imide groups is 1. The molecule has 2 aromatic rings. The second-order valence-electron chi connectivity index (χ2n) is 8.34. The molecule has 1 spiro atoms. The van der Waals surface area contributed by atoms with E-state index in [2.05, 4.69) is 0 Å². The smallest absolute Gasteiger partial charge is 0.293 e. The summed E-state index contributed by atoms with van der Waals surface area (Å²) in [5.74, 6) is -4.01. The number of quaternary nitrogens is 1. The van der Waals surface area contributed by atoms with E-state index in [1.54, 1.807) is 48.8 Å². The molecule has 158 valence electrons. The fourth-order valence-electron chi connectivity index (χ4n) is 5.60. The highest BCUT2D eigenvalue weighted by Gasteiger charge is 2.75. The largest absolute Gasteiger partial charge is 0.550 e. The van der Waals surface area contributed by atoms with Crippen molar-refractivity contribution < 1.29 is 29.6 Å². The van der Waals surface area contributed by atoms with Crippen molar-refractivity contribution in [3.05, 3.63) is 60.2 Å². The number of carboxylic acid groups (broad SMARTS) is 1. The van der Waals surface area contributed by atoms with Gasteiger partial charge in [0.15, 0.2) is 0 Å². The van der Waals surface area contributed by atoms with Crippen LogP contribution in [0, 0.1) is 11.8 Å². The third-order valence-corrected chi connectivity index (χ3v) is 6.85. The van der Waals surface area contributed by atoms with Gasteiger partial charge in [-0.2, -0.15) is 0 Å². The van der Waals surface area contributed by atoms with Crippen molar-refractivity contribution >= 4 is 35.1 Å². The van der Waals surface area contributed by atoms with Crippen molar-refractivity contribution in [1.82, 2.24) is 0 Å². The van der Waals surface area contributed by atoms with Gasteiger partial charge < -0.3 is 20.1 Å². The number of hydrogen-bond acceptors (Lipinski definition) is 5. The Morgan fingerprint density at radius 1 is 1.03 bits per heavy atom. The molecule has 2 saturated heterocycles. The zero-order valence-electron chi connectivity index (χ0n) is 16.9. The van der Waals surface area contributed by atoms with Crippen LogP contribution >= 0.6 is 0 Å². The summed E-state index contributed by atoms with van der Waals surface area (Å²) in [6.07, 6.45) is -0.120. The first-order valence-electron chi connectivity index (χ1n) is 10.2. The maximum Gasteiger partial charge on any atom is 0.293 e. The minimum Gasteiger partial charge on any atom is -0.550 e. The molecule has 0 bridgehead atoms. The predicted molar refractivity (Wildman–Crippen MR) is 107 cm³/mol. The van der Waals surface area contributed by atoms with E-state index in [0.717, 1.165) is 4.90 Å². The highest BCUT2D eigenvalue weighted by Crippen LogP contribution is 2.51. The van der Waals surface area contributed by atoms with Gasteiger partial charge in [0, 0.05) is 25.0 Å². The monoisotopic (exact) mass is 419 g/mol. The normalized spacial score (nSPS) is 29.1. The van der Waals surface area contributed by atoms with Gasteiger partial charge in [-0.3, -0.25) is 14.4 Å². The second-order valence-corrected chi connectivity index (χ2v) is 8.34. The Hall–Kier alpha value is -3.52. The lowest BCUT2D eigenvalue weighted by Gasteiger charge is -2.27. The maximum absolute atomic E-state index is 13.7. The van der Waals surface area contributed by atoms with Crippen LogP contribution in [0.2, 0.25) is 0 Å². The number of carbonyl (C=O) groups excluding carboxylic acids is 4. The summed E-state index contributed by atoms with van der Waals surface area (Å²) in [4.78, 5) is 54.6. The minimum atomic E-state index is -1.29. The first-order chi connectivity index (χ1) is 14.9. The first kappa shape index (κ1) is 19.4. The molecule has 4 atom stereocenters. The van der Waals surface area contributed by atoms with Crippen molar-refractivity contribution in [3.63, 3.8) is 0 Å². The molecule has 0 radical (unpaired) electrons. The number of hydrogen-bond donors (Lipinski definition) is 1. The van der Waals surface area contributed by atoms with Crippen LogP contribution in [0.3, 0.4) is 0 Å². The number of rotatable bonds is 4. The molecule has 8 nitrogen and oxygen atoms in total. The van der Waals surface area contributed by atoms with E-state index < -0.39 is 41.2 Å². The number of anilines is 2. The molecule has 0 unspecified atom stereocenters. The molecule has 2 N–H and O–H groups in total. The van der Waals surface area contributed by atoms with Gasteiger partial charge in [0.05, 0.1) is 11.4 Å². The average molecular weight is 419 g/mol. The van der Waals surface area contributed by atoms with E-state index in [0.29, 0.717) is 16.9 Å². The highest BCUT2D eigenvalue weighted by atomic mass is 16.4. The summed E-state index contributed by atoms with van der Waals surface area (Å²) in [5, 5.41) is 12.9. The Labute approximate surface area is 178 Å². The van der Waals surface area contributed by atoms with E-state index in [1.807, 2.05) is 18.2 Å². The molecule has 31 heavy (non-hydrogen) atoms. The summed E-state index contributed by atoms with van der Waals surface area (Å²) >= 11 is 0. The van der Waals surface area contributed by atoms with Crippen LogP contribution in [0.15, 0.2) is 54.6 Å². The number of aliphatic carboxylic acids is 1. The van der Waals surface area contributed by atoms with Crippen LogP contribution in [0.25, 0.3) is 0 Å². The van der Waals surface area contributed by atoms with Gasteiger partial charge in [0.25, 0.3) is 5.91 Å². The number of fused-ring (bicyclic) bond motifs is 4. The average Bonchev–Trinajstić information content (AvgIpc) is 3.32. The van der Waals surface area contributed by atoms with Crippen LogP contribution in [0.1, 0.15) is 18.4 Å². The number of carboxylic acids is 1. The van der Waals surface area contributed by atoms with E-state index in [9.17, 15) is 24.3 Å². The lowest BCUT2D eigenvalue weighted by molar-refractivity contribution is -0.734. The molecule has 8 heteroatoms. The van der Waals surface area contributed by atoms with Crippen LogP contribution < -0.4 is 20.2 Å². The molecule has 3 aliphatic heterocycles. The molecule has 0 saturated carbocycles. The molecule has 3 heterocycles. The van der Waals surface area contributed by atoms with Gasteiger partial charge in [0.1, 0.15) is 17.9 Å². The van der Waals surface area contributed by atoms with Crippen LogP contribution in [-0.2, 0) is 24.7 Å². The van der Waals surface area contributed by atoms with E-state index in [-0.39, 0.29) is 18.7 Å². The van der Waals surface area contributed by atoms with E-state index in [1.165, 1.54) is 4.90 Å². The van der Waals surface area contributed by atoms with Gasteiger partial charge in [-0.15, -0.1) is 0 Å². The van der Waals surface area contributed by atoms with Gasteiger partial charge in [-0.1, -0.05) is 36.4 Å². The number of nitrogens with two attached hydrogens (primary N) is 1. The van der Waals surface area contributed by atoms with Crippen molar-refractivity contribution in [2.75, 3.05) is 16.8 Å². The highest BCUT2D eigenvalue weighted by molar-refractivity contribution is 6.25. The van der Waals surface area contributed by atoms with E-state index in [4.69, 9.17) is 0 Å². The molecule has 5 rings (SSSR count). The Bertz CT molecular complexity index is 1120. The predicted octanol–water partition coefficient (Wildman–Crippen LogP) is -0.860. The summed E-state index contributed by atoms with van der Waals surface area (Å²) < 4.78 is 0. The zero-order chi connectivity index (χ0) is 21.9. The van der Waals surface area contributed by atoms with Crippen LogP contribution in [0.4, 0.5) is 11.4 Å². The van der Waals surface area contributed by atoms with Crippen molar-refractivity contribution in [1.29, 1.82) is 0 Å². The number of carbonyl (C=O) groups is 4. The van der Waals surface area contributed by atoms with Gasteiger partial charge in [-0.05, 0) is 24.6 Å². The minimum absolute atomic E-state index is 0.131. The Morgan fingerprint density at radius 2 is 1.71 bits per heavy atom. The first-order valence-corrected chi connectivity index (χ1v) is 10.2. The fraction of sp³-hybridized carbons (Fsp3) is 0.304. The molecule has 0 aromatic heterocycles. The molecule has 3 amide bonds. The number of para-hydroxylation sites is 2. The molecule has 0 aliphatic carbocycles. The lowest BCUT2D eigenvalue weighted by Crippen LogP contribution is -2.99. The molecule has 3 aliphatic rings. The quantitative estimate of drug-likeness (QED) is 0.648. The molecule has 2 fully saturated rings. The Kier molecular flexibility index (Phi) is 4.23. The van der Waals surface area contributed by atoms with Crippen LogP contribution in [0.5, 0.6) is 0 Å². The van der Waals surface area contributed by atoms with Gasteiger partial charge >= 0.3 is 0 Å². The second kappa shape index (κ2) is 6.75. The number of benzene rings is 2. The van der Waals surface area contributed by atoms with Gasteiger partial charge in [0.2, 0.25) is 17.4 Å². The van der Waals surface area contributed by atoms with Gasteiger partial charge in [-0.25, -0.2) is 4.90 Å². The summed E-state index contributed by atoms with van der Waals surface area (Å²) in [6.45, 7) is 0. The third-order valence-electron chi connectivity index (χ3n) is 6.85. The lowest BCUT2D eigenvalue weighted by atomic mass is 9.76. The standard InChI is InChI=1S/C23H21N3O5/c1-25-16-10-6-5-9-14(16)23(22(25)31)19-18(15(24-23)11-12-17(27)28)20(29)26(21(19)30)13-7-3-2-4-8-13/h2-10,15,18-19,24H,11-12H2,1H3,(H,27,28)/t15-,18+,19-,23-/m0/s1. The molecular weight excluding hydrogens is 398 g/mol. The number of nitrogens with zero attached hydrogens (tertiary/aromatic N) is 2. The summed E-state index contributed by atoms with van der Waals surface area (Å²) in [7, 11) is 1.66. The van der Waals surface area contributed by atoms with Crippen molar-refractivity contribution in [2.24, 2.45) is 11.8 Å². The SMILES string of the molecule is CN1C(=O)[C@]2([NH2+][C@@H](CCC(=O)[O-])[C@H]3C(=O)N(c4ccccc4)C(=O)[C@H]32)c2ccccc21.